The Hall–Kier alpha value is -2.53. The average Bonchev–Trinajstić information content (AvgIpc) is 2.72. The van der Waals surface area contributed by atoms with Crippen LogP contribution >= 0.6 is 11.6 Å². The Morgan fingerprint density at radius 3 is 2.66 bits per heavy atom. The van der Waals surface area contributed by atoms with Crippen LogP contribution in [-0.4, -0.2) is 36.3 Å². The van der Waals surface area contributed by atoms with Crippen LogP contribution in [0.1, 0.15) is 48.0 Å². The van der Waals surface area contributed by atoms with E-state index in [9.17, 15) is 4.79 Å². The van der Waals surface area contributed by atoms with Gasteiger partial charge in [-0.2, -0.15) is 0 Å². The molecule has 2 aromatic rings. The van der Waals surface area contributed by atoms with Crippen LogP contribution in [0.4, 0.5) is 11.4 Å². The SMILES string of the molecule is CN(C)C(=O)c1cccc2c1N=C(NCc1cccc(Cl)c1)C1(CCCCC1)N2. The van der Waals surface area contributed by atoms with Gasteiger partial charge in [0.1, 0.15) is 11.5 Å². The molecule has 29 heavy (non-hydrogen) atoms. The van der Waals surface area contributed by atoms with Crippen LogP contribution in [0, 0.1) is 0 Å². The number of carbonyl (C=O) groups excluding carboxylic acids is 1. The van der Waals surface area contributed by atoms with Crippen molar-refractivity contribution in [3.8, 4) is 0 Å². The molecule has 2 aliphatic rings. The summed E-state index contributed by atoms with van der Waals surface area (Å²) in [5.41, 5.74) is 3.18. The third-order valence-electron chi connectivity index (χ3n) is 5.78. The van der Waals surface area contributed by atoms with Crippen LogP contribution in [0.25, 0.3) is 0 Å². The molecule has 2 aromatic carbocycles. The number of nitrogens with one attached hydrogen (secondary N) is 2. The van der Waals surface area contributed by atoms with Gasteiger partial charge in [-0.05, 0) is 42.7 Å². The number of rotatable bonds is 3. The summed E-state index contributed by atoms with van der Waals surface area (Å²) in [6.45, 7) is 0.641. The lowest BCUT2D eigenvalue weighted by Crippen LogP contribution is -2.55. The first-order chi connectivity index (χ1) is 14.0. The number of benzene rings is 2. The number of hydrogen-bond acceptors (Lipinski definition) is 4. The van der Waals surface area contributed by atoms with E-state index in [1.54, 1.807) is 19.0 Å². The fourth-order valence-electron chi connectivity index (χ4n) is 4.27. The molecule has 152 valence electrons. The van der Waals surface area contributed by atoms with E-state index in [0.29, 0.717) is 12.1 Å². The Labute approximate surface area is 177 Å². The molecule has 5 nitrogen and oxygen atoms in total. The minimum absolute atomic E-state index is 0.0406. The number of amidine groups is 1. The van der Waals surface area contributed by atoms with Gasteiger partial charge in [0, 0.05) is 25.7 Å². The van der Waals surface area contributed by atoms with Gasteiger partial charge in [-0.3, -0.25) is 4.79 Å². The zero-order valence-corrected chi connectivity index (χ0v) is 17.7. The smallest absolute Gasteiger partial charge is 0.255 e. The fraction of sp³-hybridized carbons (Fsp3) is 0.391. The molecule has 0 atom stereocenters. The van der Waals surface area contributed by atoms with Crippen molar-refractivity contribution >= 4 is 34.7 Å². The van der Waals surface area contributed by atoms with Crippen LogP contribution in [0.5, 0.6) is 0 Å². The average molecular weight is 411 g/mol. The topological polar surface area (TPSA) is 56.7 Å². The van der Waals surface area contributed by atoms with Crippen LogP contribution < -0.4 is 10.6 Å². The predicted molar refractivity (Wildman–Crippen MR) is 119 cm³/mol. The predicted octanol–water partition coefficient (Wildman–Crippen LogP) is 4.99. The van der Waals surface area contributed by atoms with Crippen LogP contribution in [-0.2, 0) is 6.54 Å². The molecule has 6 heteroatoms. The molecule has 1 heterocycles. The minimum Gasteiger partial charge on any atom is -0.371 e. The van der Waals surface area contributed by atoms with Crippen molar-refractivity contribution < 1.29 is 4.79 Å². The number of fused-ring (bicyclic) bond motifs is 1. The quantitative estimate of drug-likeness (QED) is 0.749. The molecule has 1 aliphatic heterocycles. The molecule has 1 spiro atoms. The summed E-state index contributed by atoms with van der Waals surface area (Å²) in [6.07, 6.45) is 5.63. The Balaban J connectivity index is 1.72. The van der Waals surface area contributed by atoms with E-state index >= 15 is 0 Å². The minimum atomic E-state index is -0.205. The van der Waals surface area contributed by atoms with Crippen molar-refractivity contribution in [2.45, 2.75) is 44.2 Å². The standard InChI is InChI=1S/C23H27ClN4O/c1-28(2)21(29)18-10-7-11-19-20(18)26-22(23(27-19)12-4-3-5-13-23)25-15-16-8-6-9-17(24)14-16/h6-11,14,27H,3-5,12-13,15H2,1-2H3,(H,25,26). The number of nitrogens with zero attached hydrogens (tertiary/aromatic N) is 2. The van der Waals surface area contributed by atoms with Gasteiger partial charge in [-0.1, -0.05) is 49.1 Å². The maximum atomic E-state index is 12.7. The monoisotopic (exact) mass is 410 g/mol. The Kier molecular flexibility index (Phi) is 5.50. The van der Waals surface area contributed by atoms with E-state index in [1.165, 1.54) is 6.42 Å². The molecule has 1 aliphatic carbocycles. The fourth-order valence-corrected chi connectivity index (χ4v) is 4.49. The molecule has 1 fully saturated rings. The lowest BCUT2D eigenvalue weighted by molar-refractivity contribution is 0.0828. The highest BCUT2D eigenvalue weighted by Gasteiger charge is 2.41. The van der Waals surface area contributed by atoms with Gasteiger partial charge in [0.25, 0.3) is 5.91 Å². The number of aliphatic imine (C=N–C) groups is 1. The second-order valence-corrected chi connectivity index (χ2v) is 8.55. The molecule has 0 saturated heterocycles. The van der Waals surface area contributed by atoms with Crippen molar-refractivity contribution in [2.75, 3.05) is 19.4 Å². The maximum Gasteiger partial charge on any atom is 0.255 e. The molecule has 0 aromatic heterocycles. The van der Waals surface area contributed by atoms with Crippen molar-refractivity contribution in [2.24, 2.45) is 4.99 Å². The Morgan fingerprint density at radius 2 is 1.93 bits per heavy atom. The number of halogens is 1. The number of hydrogen-bond donors (Lipinski definition) is 2. The van der Waals surface area contributed by atoms with E-state index in [4.69, 9.17) is 16.6 Å². The van der Waals surface area contributed by atoms with Gasteiger partial charge in [0.2, 0.25) is 0 Å². The van der Waals surface area contributed by atoms with E-state index in [-0.39, 0.29) is 11.4 Å². The van der Waals surface area contributed by atoms with Crippen molar-refractivity contribution in [3.05, 3.63) is 58.6 Å². The third kappa shape index (κ3) is 3.97. The Morgan fingerprint density at radius 1 is 1.17 bits per heavy atom. The molecular formula is C23H27ClN4O. The third-order valence-corrected chi connectivity index (χ3v) is 6.01. The summed E-state index contributed by atoms with van der Waals surface area (Å²) in [5, 5.41) is 8.05. The van der Waals surface area contributed by atoms with Gasteiger partial charge in [0.15, 0.2) is 0 Å². The summed E-state index contributed by atoms with van der Waals surface area (Å²) in [5.74, 6) is 0.880. The zero-order valence-electron chi connectivity index (χ0n) is 17.0. The van der Waals surface area contributed by atoms with Crippen LogP contribution in [0.3, 0.4) is 0 Å². The Bertz CT molecular complexity index is 948. The van der Waals surface area contributed by atoms with E-state index in [1.807, 2.05) is 36.4 Å². The lowest BCUT2D eigenvalue weighted by Gasteiger charge is -2.43. The first kappa shape index (κ1) is 19.8. The molecule has 1 saturated carbocycles. The van der Waals surface area contributed by atoms with Gasteiger partial charge in [-0.15, -0.1) is 0 Å². The van der Waals surface area contributed by atoms with Crippen molar-refractivity contribution in [1.82, 2.24) is 10.2 Å². The van der Waals surface area contributed by atoms with Crippen LogP contribution in [0.2, 0.25) is 5.02 Å². The van der Waals surface area contributed by atoms with Gasteiger partial charge in [0.05, 0.1) is 16.8 Å². The zero-order chi connectivity index (χ0) is 20.4. The highest BCUT2D eigenvalue weighted by Crippen LogP contribution is 2.42. The first-order valence-corrected chi connectivity index (χ1v) is 10.6. The maximum absolute atomic E-state index is 12.7. The van der Waals surface area contributed by atoms with E-state index in [2.05, 4.69) is 16.7 Å². The largest absolute Gasteiger partial charge is 0.371 e. The summed E-state index contributed by atoms with van der Waals surface area (Å²) in [4.78, 5) is 19.3. The molecule has 0 unspecified atom stereocenters. The van der Waals surface area contributed by atoms with E-state index in [0.717, 1.165) is 53.5 Å². The highest BCUT2D eigenvalue weighted by molar-refractivity contribution is 6.30. The highest BCUT2D eigenvalue weighted by atomic mass is 35.5. The lowest BCUT2D eigenvalue weighted by atomic mass is 9.79. The molecule has 0 bridgehead atoms. The van der Waals surface area contributed by atoms with E-state index < -0.39 is 0 Å². The second kappa shape index (κ2) is 8.07. The molecule has 2 N–H and O–H groups in total. The summed E-state index contributed by atoms with van der Waals surface area (Å²) >= 11 is 6.15. The van der Waals surface area contributed by atoms with Crippen molar-refractivity contribution in [3.63, 3.8) is 0 Å². The summed E-state index contributed by atoms with van der Waals surface area (Å²) in [7, 11) is 3.53. The van der Waals surface area contributed by atoms with Gasteiger partial charge >= 0.3 is 0 Å². The first-order valence-electron chi connectivity index (χ1n) is 10.2. The number of para-hydroxylation sites is 1. The molecule has 4 rings (SSSR count). The molecule has 0 radical (unpaired) electrons. The second-order valence-electron chi connectivity index (χ2n) is 8.11. The number of amides is 1. The normalized spacial score (nSPS) is 17.1. The van der Waals surface area contributed by atoms with Gasteiger partial charge < -0.3 is 15.5 Å². The van der Waals surface area contributed by atoms with Crippen molar-refractivity contribution in [1.29, 1.82) is 0 Å². The number of carbonyl (C=O) groups is 1. The summed E-state index contributed by atoms with van der Waals surface area (Å²) in [6, 6.07) is 13.7. The summed E-state index contributed by atoms with van der Waals surface area (Å²) < 4.78 is 0. The van der Waals surface area contributed by atoms with Gasteiger partial charge in [-0.25, -0.2) is 4.99 Å². The number of anilines is 1. The molecule has 1 amide bonds. The van der Waals surface area contributed by atoms with Crippen LogP contribution in [0.15, 0.2) is 47.5 Å². The molecular weight excluding hydrogens is 384 g/mol.